The van der Waals surface area contributed by atoms with Crippen LogP contribution in [0.5, 0.6) is 5.75 Å². The molecule has 1 N–H and O–H groups in total. The first-order chi connectivity index (χ1) is 12.7. The number of ether oxygens (including phenoxy) is 1. The number of nitrogens with one attached hydrogen (secondary N) is 1. The van der Waals surface area contributed by atoms with Crippen LogP contribution >= 0.6 is 7.60 Å². The van der Waals surface area contributed by atoms with E-state index in [0.29, 0.717) is 11.3 Å². The molecule has 0 bridgehead atoms. The van der Waals surface area contributed by atoms with E-state index in [4.69, 9.17) is 13.8 Å². The second kappa shape index (κ2) is 8.33. The maximum atomic E-state index is 13.2. The summed E-state index contributed by atoms with van der Waals surface area (Å²) in [5.41, 5.74) is -0.0903. The van der Waals surface area contributed by atoms with E-state index in [1.807, 2.05) is 0 Å². The van der Waals surface area contributed by atoms with Crippen molar-refractivity contribution < 1.29 is 31.5 Å². The minimum atomic E-state index is -4.50. The summed E-state index contributed by atoms with van der Waals surface area (Å²) in [7, 11) is 0.242. The minimum Gasteiger partial charge on any atom is -0.497 e. The van der Waals surface area contributed by atoms with E-state index < -0.39 is 25.1 Å². The topological polar surface area (TPSA) is 56.8 Å². The molecule has 0 heterocycles. The second-order valence-electron chi connectivity index (χ2n) is 5.70. The third-order valence-corrected chi connectivity index (χ3v) is 6.27. The van der Waals surface area contributed by atoms with Crippen LogP contribution < -0.4 is 10.1 Å². The highest BCUT2D eigenvalue weighted by Gasteiger charge is 2.37. The van der Waals surface area contributed by atoms with E-state index >= 15 is 0 Å². The first-order valence-electron chi connectivity index (χ1n) is 7.94. The average molecular weight is 403 g/mol. The SMILES string of the molecule is COc1ccc(C(Nc2cccc(C(F)(F)F)c2C)P(=O)(OC)OC)cc1. The predicted molar refractivity (Wildman–Crippen MR) is 97.2 cm³/mol. The van der Waals surface area contributed by atoms with Crippen LogP contribution in [0.3, 0.4) is 0 Å². The highest BCUT2D eigenvalue weighted by Crippen LogP contribution is 2.60. The fourth-order valence-electron chi connectivity index (χ4n) is 2.66. The van der Waals surface area contributed by atoms with Gasteiger partial charge in [-0.15, -0.1) is 0 Å². The van der Waals surface area contributed by atoms with Crippen molar-refractivity contribution >= 4 is 13.3 Å². The van der Waals surface area contributed by atoms with Crippen molar-refractivity contribution in [2.24, 2.45) is 0 Å². The summed E-state index contributed by atoms with van der Waals surface area (Å²) in [6.45, 7) is 1.35. The monoisotopic (exact) mass is 403 g/mol. The van der Waals surface area contributed by atoms with Crippen LogP contribution in [0.2, 0.25) is 0 Å². The minimum absolute atomic E-state index is 0.0118. The van der Waals surface area contributed by atoms with E-state index in [-0.39, 0.29) is 11.3 Å². The lowest BCUT2D eigenvalue weighted by molar-refractivity contribution is -0.138. The van der Waals surface area contributed by atoms with Gasteiger partial charge in [0.1, 0.15) is 5.75 Å². The van der Waals surface area contributed by atoms with Gasteiger partial charge < -0.3 is 19.1 Å². The summed E-state index contributed by atoms with van der Waals surface area (Å²) < 4.78 is 67.9. The van der Waals surface area contributed by atoms with Crippen molar-refractivity contribution in [3.05, 3.63) is 59.2 Å². The molecule has 0 aromatic heterocycles. The zero-order valence-electron chi connectivity index (χ0n) is 15.3. The lowest BCUT2D eigenvalue weighted by atomic mass is 10.1. The molecule has 27 heavy (non-hydrogen) atoms. The summed E-state index contributed by atoms with van der Waals surface area (Å²) in [4.78, 5) is 0. The molecule has 9 heteroatoms. The van der Waals surface area contributed by atoms with Crippen molar-refractivity contribution in [1.82, 2.24) is 0 Å². The van der Waals surface area contributed by atoms with Crippen molar-refractivity contribution in [1.29, 1.82) is 0 Å². The molecular weight excluding hydrogens is 382 g/mol. The van der Waals surface area contributed by atoms with Gasteiger partial charge in [-0.25, -0.2) is 0 Å². The van der Waals surface area contributed by atoms with Gasteiger partial charge in [0.2, 0.25) is 0 Å². The first-order valence-corrected chi connectivity index (χ1v) is 9.56. The number of halogens is 3. The molecule has 0 amide bonds. The van der Waals surface area contributed by atoms with Gasteiger partial charge in [-0.2, -0.15) is 13.2 Å². The summed E-state index contributed by atoms with van der Waals surface area (Å²) in [5, 5.41) is 2.90. The third-order valence-electron chi connectivity index (χ3n) is 4.19. The summed E-state index contributed by atoms with van der Waals surface area (Å²) in [6, 6.07) is 10.4. The number of anilines is 1. The zero-order valence-corrected chi connectivity index (χ0v) is 16.2. The molecule has 148 valence electrons. The summed E-state index contributed by atoms with van der Waals surface area (Å²) >= 11 is 0. The maximum absolute atomic E-state index is 13.2. The average Bonchev–Trinajstić information content (AvgIpc) is 2.66. The Balaban J connectivity index is 2.51. The number of hydrogen-bond donors (Lipinski definition) is 1. The molecule has 2 aromatic rings. The number of rotatable bonds is 7. The molecular formula is C18H21F3NO4P. The largest absolute Gasteiger partial charge is 0.497 e. The Morgan fingerprint density at radius 3 is 2.07 bits per heavy atom. The molecule has 0 fully saturated rings. The van der Waals surface area contributed by atoms with Crippen LogP contribution in [0.4, 0.5) is 18.9 Å². The molecule has 2 aromatic carbocycles. The van der Waals surface area contributed by atoms with E-state index in [1.54, 1.807) is 24.3 Å². The molecule has 0 aliphatic rings. The van der Waals surface area contributed by atoms with Gasteiger partial charge in [-0.1, -0.05) is 18.2 Å². The highest BCUT2D eigenvalue weighted by atomic mass is 31.2. The van der Waals surface area contributed by atoms with Crippen LogP contribution in [-0.4, -0.2) is 21.3 Å². The van der Waals surface area contributed by atoms with Gasteiger partial charge in [-0.3, -0.25) is 4.57 Å². The quantitative estimate of drug-likeness (QED) is 0.608. The normalized spacial score (nSPS) is 13.3. The lowest BCUT2D eigenvalue weighted by Crippen LogP contribution is -2.16. The molecule has 5 nitrogen and oxygen atoms in total. The highest BCUT2D eigenvalue weighted by molar-refractivity contribution is 7.54. The number of methoxy groups -OCH3 is 1. The van der Waals surface area contributed by atoms with Crippen LogP contribution in [-0.2, 0) is 19.8 Å². The molecule has 0 radical (unpaired) electrons. The molecule has 1 unspecified atom stereocenters. The summed E-state index contributed by atoms with van der Waals surface area (Å²) in [5.74, 6) is -0.432. The van der Waals surface area contributed by atoms with E-state index in [9.17, 15) is 17.7 Å². The Hall–Kier alpha value is -2.02. The Morgan fingerprint density at radius 1 is 1.00 bits per heavy atom. The van der Waals surface area contributed by atoms with Gasteiger partial charge in [0.05, 0.1) is 12.7 Å². The Kier molecular flexibility index (Phi) is 6.57. The van der Waals surface area contributed by atoms with Crippen molar-refractivity contribution in [3.63, 3.8) is 0 Å². The van der Waals surface area contributed by atoms with Crippen LogP contribution in [0.15, 0.2) is 42.5 Å². The molecule has 1 atom stereocenters. The fourth-order valence-corrected chi connectivity index (χ4v) is 4.07. The van der Waals surface area contributed by atoms with Gasteiger partial charge in [0.15, 0.2) is 5.78 Å². The van der Waals surface area contributed by atoms with Crippen LogP contribution in [0.25, 0.3) is 0 Å². The first kappa shape index (κ1) is 21.3. The number of hydrogen-bond acceptors (Lipinski definition) is 5. The number of benzene rings is 2. The van der Waals surface area contributed by atoms with E-state index in [2.05, 4.69) is 5.32 Å². The molecule has 0 saturated heterocycles. The molecule has 0 aliphatic carbocycles. The Morgan fingerprint density at radius 2 is 1.59 bits per heavy atom. The molecule has 0 aliphatic heterocycles. The lowest BCUT2D eigenvalue weighted by Gasteiger charge is -2.28. The van der Waals surface area contributed by atoms with E-state index in [0.717, 1.165) is 6.07 Å². The van der Waals surface area contributed by atoms with Gasteiger partial charge >= 0.3 is 13.8 Å². The molecule has 0 spiro atoms. The van der Waals surface area contributed by atoms with Gasteiger partial charge in [-0.05, 0) is 42.3 Å². The Bertz CT molecular complexity index is 816. The van der Waals surface area contributed by atoms with Crippen molar-refractivity contribution in [2.75, 3.05) is 26.6 Å². The third kappa shape index (κ3) is 4.64. The Labute approximate surface area is 156 Å². The fraction of sp³-hybridized carbons (Fsp3) is 0.333. The predicted octanol–water partition coefficient (Wildman–Crippen LogP) is 5.62. The summed E-state index contributed by atoms with van der Waals surface area (Å²) in [6.07, 6.45) is -4.50. The van der Waals surface area contributed by atoms with Crippen LogP contribution in [0.1, 0.15) is 22.5 Å². The van der Waals surface area contributed by atoms with Crippen molar-refractivity contribution in [2.45, 2.75) is 18.9 Å². The van der Waals surface area contributed by atoms with Crippen LogP contribution in [0, 0.1) is 6.92 Å². The second-order valence-corrected chi connectivity index (χ2v) is 8.03. The van der Waals surface area contributed by atoms with Crippen molar-refractivity contribution in [3.8, 4) is 5.75 Å². The molecule has 2 rings (SSSR count). The van der Waals surface area contributed by atoms with E-state index in [1.165, 1.54) is 40.4 Å². The maximum Gasteiger partial charge on any atom is 0.416 e. The standard InChI is InChI=1S/C18H21F3NO4P/c1-12-15(18(19,20)21)6-5-7-16(12)22-17(27(23,25-3)26-4)13-8-10-14(24-2)11-9-13/h5-11,17,22H,1-4H3. The number of alkyl halides is 3. The van der Waals surface area contributed by atoms with Gasteiger partial charge in [0, 0.05) is 19.9 Å². The molecule has 0 saturated carbocycles. The smallest absolute Gasteiger partial charge is 0.416 e. The zero-order chi connectivity index (χ0) is 20.2. The van der Waals surface area contributed by atoms with Gasteiger partial charge in [0.25, 0.3) is 0 Å².